The van der Waals surface area contributed by atoms with Crippen LogP contribution in [0.5, 0.6) is 0 Å². The number of ketones is 1. The molecule has 0 aliphatic heterocycles. The summed E-state index contributed by atoms with van der Waals surface area (Å²) in [5, 5.41) is 10.8. The average molecular weight is 520 g/mol. The minimum atomic E-state index is -0.669. The number of aryl methyl sites for hydroxylation is 1. The summed E-state index contributed by atoms with van der Waals surface area (Å²) in [7, 11) is 5.55. The van der Waals surface area contributed by atoms with Gasteiger partial charge in [0.2, 0.25) is 17.7 Å². The fourth-order valence-corrected chi connectivity index (χ4v) is 3.35. The van der Waals surface area contributed by atoms with E-state index in [0.717, 1.165) is 11.1 Å². The van der Waals surface area contributed by atoms with E-state index in [1.54, 1.807) is 0 Å². The Labute approximate surface area is 219 Å². The molecule has 1 aromatic carbocycles. The van der Waals surface area contributed by atoms with Crippen molar-refractivity contribution in [3.05, 3.63) is 42.4 Å². The van der Waals surface area contributed by atoms with Crippen molar-refractivity contribution in [2.75, 3.05) is 46.1 Å². The molecule has 0 saturated carbocycles. The number of carbonyl (C=O) groups excluding carboxylic acids is 4. The second-order valence-electron chi connectivity index (χ2n) is 8.70. The summed E-state index contributed by atoms with van der Waals surface area (Å²) in [6.45, 7) is 5.16. The van der Waals surface area contributed by atoms with Crippen LogP contribution in [0, 0.1) is 14.0 Å². The summed E-state index contributed by atoms with van der Waals surface area (Å²) in [4.78, 5) is 46.9. The highest BCUT2D eigenvalue weighted by atomic mass is 16.5. The van der Waals surface area contributed by atoms with Gasteiger partial charge in [0, 0.05) is 27.1 Å². The molecule has 0 saturated heterocycles. The van der Waals surface area contributed by atoms with E-state index < -0.39 is 18.0 Å². The molecule has 0 spiro atoms. The second-order valence-corrected chi connectivity index (χ2v) is 8.70. The molecular weight excluding hydrogens is 478 g/mol. The molecule has 1 aromatic rings. The molecule has 0 heterocycles. The van der Waals surface area contributed by atoms with Crippen molar-refractivity contribution < 1.29 is 28.7 Å². The number of amides is 3. The van der Waals surface area contributed by atoms with Gasteiger partial charge in [-0.25, -0.2) is 0 Å². The smallest absolute Gasteiger partial charge is 0.245 e. The van der Waals surface area contributed by atoms with Gasteiger partial charge in [-0.15, -0.1) is 0 Å². The zero-order chi connectivity index (χ0) is 27.5. The minimum Gasteiger partial charge on any atom is -0.377 e. The second kappa shape index (κ2) is 19.3. The molecule has 2 radical (unpaired) electrons. The van der Waals surface area contributed by atoms with Crippen molar-refractivity contribution in [1.29, 1.82) is 0 Å². The maximum absolute atomic E-state index is 12.6. The first-order valence-corrected chi connectivity index (χ1v) is 12.5. The van der Waals surface area contributed by atoms with E-state index in [2.05, 4.69) is 21.3 Å². The SMILES string of the molecule is [CH]N[C@@H](CCCCNC(=O)COCCOCCNC(C)=O)C(=O)CN[C@H](Cc1ccc(C)cc1)C(N)=O. The maximum atomic E-state index is 12.6. The molecule has 11 heteroatoms. The van der Waals surface area contributed by atoms with Gasteiger partial charge in [-0.3, -0.25) is 24.5 Å². The first kappa shape index (κ1) is 32.2. The summed E-state index contributed by atoms with van der Waals surface area (Å²) in [5.41, 5.74) is 7.57. The van der Waals surface area contributed by atoms with E-state index in [1.807, 2.05) is 31.2 Å². The van der Waals surface area contributed by atoms with Crippen LogP contribution in [0.1, 0.15) is 37.3 Å². The molecule has 0 aliphatic carbocycles. The normalized spacial score (nSPS) is 12.5. The van der Waals surface area contributed by atoms with Crippen LogP contribution in [0.3, 0.4) is 0 Å². The van der Waals surface area contributed by atoms with Gasteiger partial charge >= 0.3 is 0 Å². The zero-order valence-corrected chi connectivity index (χ0v) is 21.8. The number of hydrogen-bond donors (Lipinski definition) is 5. The number of nitrogens with one attached hydrogen (secondary N) is 4. The molecule has 0 bridgehead atoms. The average Bonchev–Trinajstić information content (AvgIpc) is 2.86. The molecule has 1 rings (SSSR count). The van der Waals surface area contributed by atoms with E-state index >= 15 is 0 Å². The lowest BCUT2D eigenvalue weighted by atomic mass is 10.0. The summed E-state index contributed by atoms with van der Waals surface area (Å²) >= 11 is 0. The minimum absolute atomic E-state index is 0.0423. The zero-order valence-electron chi connectivity index (χ0n) is 21.8. The topological polar surface area (TPSA) is 161 Å². The van der Waals surface area contributed by atoms with Crippen LogP contribution >= 0.6 is 0 Å². The molecule has 2 atom stereocenters. The quantitative estimate of drug-likeness (QED) is 0.109. The van der Waals surface area contributed by atoms with Gasteiger partial charge in [0.15, 0.2) is 5.78 Å². The van der Waals surface area contributed by atoms with Gasteiger partial charge < -0.3 is 31.2 Å². The predicted molar refractivity (Wildman–Crippen MR) is 139 cm³/mol. The van der Waals surface area contributed by atoms with Crippen molar-refractivity contribution in [2.24, 2.45) is 5.73 Å². The highest BCUT2D eigenvalue weighted by Crippen LogP contribution is 2.07. The number of rotatable bonds is 21. The van der Waals surface area contributed by atoms with Crippen molar-refractivity contribution in [2.45, 2.75) is 51.6 Å². The highest BCUT2D eigenvalue weighted by Gasteiger charge is 2.20. The highest BCUT2D eigenvalue weighted by molar-refractivity contribution is 5.87. The lowest BCUT2D eigenvalue weighted by Gasteiger charge is -2.19. The summed E-state index contributed by atoms with van der Waals surface area (Å²) in [6, 6.07) is 6.52. The third-order valence-corrected chi connectivity index (χ3v) is 5.48. The summed E-state index contributed by atoms with van der Waals surface area (Å²) in [5.74, 6) is -1.05. The van der Waals surface area contributed by atoms with Gasteiger partial charge in [0.25, 0.3) is 0 Å². The van der Waals surface area contributed by atoms with Crippen LogP contribution in [0.15, 0.2) is 24.3 Å². The number of unbranched alkanes of at least 4 members (excludes halogenated alkanes) is 1. The van der Waals surface area contributed by atoms with E-state index in [4.69, 9.17) is 22.3 Å². The molecule has 37 heavy (non-hydrogen) atoms. The third kappa shape index (κ3) is 15.8. The van der Waals surface area contributed by atoms with Gasteiger partial charge in [0.1, 0.15) is 6.61 Å². The number of hydrogen-bond acceptors (Lipinski definition) is 8. The Morgan fingerprint density at radius 1 is 0.946 bits per heavy atom. The third-order valence-electron chi connectivity index (χ3n) is 5.48. The van der Waals surface area contributed by atoms with E-state index in [-0.39, 0.29) is 37.4 Å². The number of carbonyl (C=O) groups is 4. The van der Waals surface area contributed by atoms with Crippen LogP contribution in [0.4, 0.5) is 0 Å². The monoisotopic (exact) mass is 519 g/mol. The molecule has 206 valence electrons. The van der Waals surface area contributed by atoms with Gasteiger partial charge in [-0.2, -0.15) is 0 Å². The molecule has 11 nitrogen and oxygen atoms in total. The molecule has 3 amide bonds. The van der Waals surface area contributed by atoms with Gasteiger partial charge in [-0.05, 0) is 38.2 Å². The van der Waals surface area contributed by atoms with Gasteiger partial charge in [0.05, 0.1) is 38.4 Å². The molecule has 0 unspecified atom stereocenters. The lowest BCUT2D eigenvalue weighted by Crippen LogP contribution is -2.48. The lowest BCUT2D eigenvalue weighted by molar-refractivity contribution is -0.126. The molecule has 0 fully saturated rings. The summed E-state index contributed by atoms with van der Waals surface area (Å²) < 4.78 is 10.5. The standard InChI is InChI=1S/C26H41N5O6/c1-19-7-9-21(10-8-19)16-23(26(27)35)31-17-24(33)22(28-3)6-4-5-11-30-25(34)18-37-15-14-36-13-12-29-20(2)32/h3,7-10,22-23,28,31H,4-6,11-18H2,1-2H3,(H2,27,35)(H,29,32)(H,30,34)/t22-,23+/m0/s1. The molecular formula is C26H41N5O6. The van der Waals surface area contributed by atoms with Crippen molar-refractivity contribution in [3.8, 4) is 0 Å². The van der Waals surface area contributed by atoms with Crippen LogP contribution in [0.25, 0.3) is 0 Å². The van der Waals surface area contributed by atoms with Crippen LogP contribution < -0.4 is 27.0 Å². The number of benzene rings is 1. The Morgan fingerprint density at radius 3 is 2.30 bits per heavy atom. The van der Waals surface area contributed by atoms with Crippen LogP contribution in [0.2, 0.25) is 0 Å². The number of ether oxygens (including phenoxy) is 2. The Bertz CT molecular complexity index is 833. The number of primary amides is 1. The Hall–Kier alpha value is -2.86. The fourth-order valence-electron chi connectivity index (χ4n) is 3.35. The van der Waals surface area contributed by atoms with Crippen LogP contribution in [-0.2, 0) is 35.1 Å². The molecule has 0 aromatic heterocycles. The Balaban J connectivity index is 2.18. The summed E-state index contributed by atoms with van der Waals surface area (Å²) in [6.07, 6.45) is 2.19. The fraction of sp³-hybridized carbons (Fsp3) is 0.577. The predicted octanol–water partition coefficient (Wildman–Crippen LogP) is -0.367. The Kier molecular flexibility index (Phi) is 16.8. The van der Waals surface area contributed by atoms with Crippen molar-refractivity contribution in [1.82, 2.24) is 21.3 Å². The van der Waals surface area contributed by atoms with Crippen LogP contribution in [-0.4, -0.2) is 81.7 Å². The number of Topliss-reactive ketones (excluding diaryl/α,β-unsaturated/α-hetero) is 1. The largest absolute Gasteiger partial charge is 0.377 e. The maximum Gasteiger partial charge on any atom is 0.245 e. The van der Waals surface area contributed by atoms with Gasteiger partial charge in [-0.1, -0.05) is 29.8 Å². The Morgan fingerprint density at radius 2 is 1.65 bits per heavy atom. The first-order valence-electron chi connectivity index (χ1n) is 12.5. The van der Waals surface area contributed by atoms with Crippen molar-refractivity contribution >= 4 is 23.5 Å². The van der Waals surface area contributed by atoms with E-state index in [0.29, 0.717) is 52.0 Å². The van der Waals surface area contributed by atoms with E-state index in [1.165, 1.54) is 6.92 Å². The molecule has 6 N–H and O–H groups in total. The van der Waals surface area contributed by atoms with Crippen molar-refractivity contribution in [3.63, 3.8) is 0 Å². The molecule has 0 aliphatic rings. The number of nitrogens with two attached hydrogens (primary N) is 1. The first-order chi connectivity index (χ1) is 17.7. The van der Waals surface area contributed by atoms with E-state index in [9.17, 15) is 19.2 Å².